The molecule has 3 saturated carbocycles. The van der Waals surface area contributed by atoms with Crippen LogP contribution in [0.1, 0.15) is 84.2 Å². The lowest BCUT2D eigenvalue weighted by Crippen LogP contribution is -2.64. The van der Waals surface area contributed by atoms with Gasteiger partial charge in [-0.2, -0.15) is 0 Å². The predicted molar refractivity (Wildman–Crippen MR) is 298 cm³/mol. The molecule has 6 aliphatic carbocycles. The van der Waals surface area contributed by atoms with Crippen molar-refractivity contribution in [2.45, 2.75) is 72.5 Å². The summed E-state index contributed by atoms with van der Waals surface area (Å²) in [5, 5.41) is 2.55. The predicted octanol–water partition coefficient (Wildman–Crippen LogP) is 18.2. The molecule has 1 nitrogen and oxygen atoms in total. The number of benzene rings is 10. The Morgan fingerprint density at radius 1 is 0.389 bits per heavy atom. The van der Waals surface area contributed by atoms with Crippen LogP contribution in [-0.2, 0) is 21.7 Å². The van der Waals surface area contributed by atoms with Gasteiger partial charge in [-0.05, 0) is 169 Å². The maximum atomic E-state index is 2.70. The lowest BCUT2D eigenvalue weighted by molar-refractivity contribution is -0.0269. The Kier molecular flexibility index (Phi) is 8.34. The molecule has 16 rings (SSSR count). The summed E-state index contributed by atoms with van der Waals surface area (Å²) >= 11 is 0. The van der Waals surface area contributed by atoms with Gasteiger partial charge in [-0.25, -0.2) is 0 Å². The molecular formula is C71H55N. The van der Waals surface area contributed by atoms with Crippen LogP contribution < -0.4 is 4.90 Å². The van der Waals surface area contributed by atoms with Gasteiger partial charge >= 0.3 is 0 Å². The van der Waals surface area contributed by atoms with Crippen LogP contribution in [-0.4, -0.2) is 0 Å². The lowest BCUT2D eigenvalue weighted by Gasteiger charge is -2.66. The van der Waals surface area contributed by atoms with Gasteiger partial charge in [-0.3, -0.25) is 0 Å². The Bertz CT molecular complexity index is 3860. The summed E-state index contributed by atoms with van der Waals surface area (Å²) in [6.45, 7) is 2.70. The zero-order valence-corrected chi connectivity index (χ0v) is 40.7. The minimum Gasteiger partial charge on any atom is -0.310 e. The molecule has 0 N–H and O–H groups in total. The van der Waals surface area contributed by atoms with E-state index in [1.54, 1.807) is 22.3 Å². The fraction of sp³-hybridized carbons (Fsp3) is 0.183. The molecular weight excluding hydrogens is 867 g/mol. The minimum absolute atomic E-state index is 0.0878. The molecule has 10 aromatic carbocycles. The fourth-order valence-corrected chi connectivity index (χ4v) is 17.8. The van der Waals surface area contributed by atoms with Crippen LogP contribution >= 0.6 is 0 Å². The van der Waals surface area contributed by atoms with E-state index in [4.69, 9.17) is 0 Å². The van der Waals surface area contributed by atoms with E-state index in [-0.39, 0.29) is 21.7 Å². The van der Waals surface area contributed by atoms with Crippen molar-refractivity contribution in [3.05, 3.63) is 270 Å². The normalized spacial score (nSPS) is 26.2. The summed E-state index contributed by atoms with van der Waals surface area (Å²) in [5.74, 6) is 1.04. The molecule has 2 spiro atoms. The molecule has 0 radical (unpaired) electrons. The molecule has 3 fully saturated rings. The fourth-order valence-electron chi connectivity index (χ4n) is 17.8. The highest BCUT2D eigenvalue weighted by Crippen LogP contribution is 2.83. The topological polar surface area (TPSA) is 3.24 Å². The molecule has 6 aliphatic rings. The highest BCUT2D eigenvalue weighted by molar-refractivity contribution is 5.98. The van der Waals surface area contributed by atoms with E-state index in [0.717, 1.165) is 32.1 Å². The average molecular weight is 922 g/mol. The third kappa shape index (κ3) is 5.24. The number of anilines is 3. The molecule has 0 heterocycles. The SMILES string of the molecule is CC12CC34CC(CC56CC(c7ccccc7-c7ccccc75)C(C1)(c1ccccc1-c1ccccc12)C63)c1ccccc1-c1c(N(c2ccccc2)c2ccc(-c3cccc5ccccc35)cc2)cccc14. The zero-order valence-electron chi connectivity index (χ0n) is 40.7. The Morgan fingerprint density at radius 3 is 1.75 bits per heavy atom. The van der Waals surface area contributed by atoms with Gasteiger partial charge in [0.25, 0.3) is 0 Å². The lowest BCUT2D eigenvalue weighted by atomic mass is 9.36. The van der Waals surface area contributed by atoms with Gasteiger partial charge in [0.1, 0.15) is 0 Å². The van der Waals surface area contributed by atoms with Crippen molar-refractivity contribution in [1.29, 1.82) is 0 Å². The molecule has 6 bridgehead atoms. The quantitative estimate of drug-likeness (QED) is 0.170. The summed E-state index contributed by atoms with van der Waals surface area (Å²) in [4.78, 5) is 2.59. The van der Waals surface area contributed by atoms with Crippen LogP contribution in [0.5, 0.6) is 0 Å². The molecule has 344 valence electrons. The summed E-state index contributed by atoms with van der Waals surface area (Å²) in [5.41, 5.74) is 23.5. The van der Waals surface area contributed by atoms with Crippen LogP contribution in [0.2, 0.25) is 0 Å². The number of fused-ring (bicyclic) bond motifs is 15. The first-order valence-electron chi connectivity index (χ1n) is 26.5. The van der Waals surface area contributed by atoms with Crippen LogP contribution in [0, 0.1) is 5.92 Å². The van der Waals surface area contributed by atoms with Crippen molar-refractivity contribution in [2.75, 3.05) is 4.90 Å². The highest BCUT2D eigenvalue weighted by atomic mass is 15.1. The van der Waals surface area contributed by atoms with E-state index < -0.39 is 0 Å². The van der Waals surface area contributed by atoms with Crippen LogP contribution in [0.4, 0.5) is 17.1 Å². The summed E-state index contributed by atoms with van der Waals surface area (Å²) in [6.07, 6.45) is 5.67. The maximum absolute atomic E-state index is 2.70. The molecule has 1 heteroatoms. The van der Waals surface area contributed by atoms with Crippen molar-refractivity contribution < 1.29 is 0 Å². The van der Waals surface area contributed by atoms with Crippen LogP contribution in [0.15, 0.2) is 237 Å². The van der Waals surface area contributed by atoms with Crippen molar-refractivity contribution >= 4 is 27.8 Å². The molecule has 7 unspecified atom stereocenters. The Hall–Kier alpha value is -7.74. The summed E-state index contributed by atoms with van der Waals surface area (Å²) in [7, 11) is 0. The molecule has 0 amide bonds. The van der Waals surface area contributed by atoms with E-state index in [1.807, 2.05) is 0 Å². The van der Waals surface area contributed by atoms with E-state index in [9.17, 15) is 0 Å². The van der Waals surface area contributed by atoms with E-state index >= 15 is 0 Å². The Morgan fingerprint density at radius 2 is 0.944 bits per heavy atom. The standard InChI is InChI=1S/C71H55N/c1-68-44-70-42-48(41-69-43-64(56-27-9-8-25-54(56)55-26-12-15-33-61(55)69)71(45-68,67(69)70)62-34-16-13-29-58(62)57-28-11-14-32-60(57)68)53-24-7-10-30-59(53)66-63(70)35-18-36-65(66)72(49-21-3-2-4-22-49)50-39-37-47(38-40-50)52-31-17-20-46-19-5-6-23-51(46)52/h2-40,48,64,67H,41-45H2,1H3. The Balaban J connectivity index is 1.01. The second-order valence-corrected chi connectivity index (χ2v) is 22.8. The molecule has 72 heavy (non-hydrogen) atoms. The first-order chi connectivity index (χ1) is 35.5. The van der Waals surface area contributed by atoms with Gasteiger partial charge in [-0.15, -0.1) is 0 Å². The number of rotatable bonds is 4. The second-order valence-electron chi connectivity index (χ2n) is 22.8. The smallest absolute Gasteiger partial charge is 0.0543 e. The first kappa shape index (κ1) is 40.9. The number of hydrogen-bond acceptors (Lipinski definition) is 1. The van der Waals surface area contributed by atoms with Gasteiger partial charge < -0.3 is 4.90 Å². The van der Waals surface area contributed by atoms with E-state index in [2.05, 4.69) is 248 Å². The summed E-state index contributed by atoms with van der Waals surface area (Å²) in [6, 6.07) is 92.1. The maximum Gasteiger partial charge on any atom is 0.0543 e. The summed E-state index contributed by atoms with van der Waals surface area (Å²) < 4.78 is 0. The second kappa shape index (κ2) is 14.7. The van der Waals surface area contributed by atoms with Crippen molar-refractivity contribution in [3.63, 3.8) is 0 Å². The van der Waals surface area contributed by atoms with E-state index in [0.29, 0.717) is 17.8 Å². The molecule has 0 aromatic heterocycles. The average Bonchev–Trinajstić information content (AvgIpc) is 3.59. The van der Waals surface area contributed by atoms with Crippen molar-refractivity contribution in [2.24, 2.45) is 5.92 Å². The van der Waals surface area contributed by atoms with E-state index in [1.165, 1.54) is 83.5 Å². The van der Waals surface area contributed by atoms with Gasteiger partial charge in [0.15, 0.2) is 0 Å². The third-order valence-corrected chi connectivity index (χ3v) is 19.5. The highest BCUT2D eigenvalue weighted by Gasteiger charge is 2.77. The Labute approximate surface area is 423 Å². The molecule has 7 atom stereocenters. The van der Waals surface area contributed by atoms with Crippen LogP contribution in [0.25, 0.3) is 55.3 Å². The van der Waals surface area contributed by atoms with Gasteiger partial charge in [-0.1, -0.05) is 213 Å². The van der Waals surface area contributed by atoms with Crippen LogP contribution in [0.3, 0.4) is 0 Å². The number of para-hydroxylation sites is 1. The largest absolute Gasteiger partial charge is 0.310 e. The van der Waals surface area contributed by atoms with Gasteiger partial charge in [0, 0.05) is 33.2 Å². The molecule has 0 saturated heterocycles. The third-order valence-electron chi connectivity index (χ3n) is 19.5. The number of nitrogens with zero attached hydrogens (tertiary/aromatic N) is 1. The van der Waals surface area contributed by atoms with Crippen molar-refractivity contribution in [1.82, 2.24) is 0 Å². The molecule has 10 aromatic rings. The number of hydrogen-bond donors (Lipinski definition) is 0. The minimum atomic E-state index is -0.195. The first-order valence-corrected chi connectivity index (χ1v) is 26.5. The monoisotopic (exact) mass is 921 g/mol. The van der Waals surface area contributed by atoms with Crippen molar-refractivity contribution in [3.8, 4) is 44.5 Å². The zero-order chi connectivity index (χ0) is 47.4. The molecule has 0 aliphatic heterocycles. The van der Waals surface area contributed by atoms with Gasteiger partial charge in [0.2, 0.25) is 0 Å². The van der Waals surface area contributed by atoms with Gasteiger partial charge in [0.05, 0.1) is 5.69 Å².